The molecule has 1 aromatic carbocycles. The van der Waals surface area contributed by atoms with Crippen molar-refractivity contribution in [1.29, 1.82) is 0 Å². The van der Waals surface area contributed by atoms with E-state index in [-0.39, 0.29) is 5.52 Å². The lowest BCUT2D eigenvalue weighted by Gasteiger charge is -2.08. The minimum atomic E-state index is 0.136. The first kappa shape index (κ1) is 12.0. The zero-order valence-electron chi connectivity index (χ0n) is 9.16. The van der Waals surface area contributed by atoms with Crippen LogP contribution in [0.2, 0.25) is 0 Å². The molecule has 0 fully saturated rings. The zero-order chi connectivity index (χ0) is 11.3. The summed E-state index contributed by atoms with van der Waals surface area (Å²) in [5.74, 6) is 1.28. The number of hydrogen-bond acceptors (Lipinski definition) is 3. The average molecular weight is 226 g/mol. The van der Waals surface area contributed by atoms with E-state index in [1.807, 2.05) is 6.92 Å². The molecule has 0 aliphatic carbocycles. The highest BCUT2D eigenvalue weighted by molar-refractivity contribution is 7.58. The first-order valence-corrected chi connectivity index (χ1v) is 5.93. The Labute approximate surface area is 91.6 Å². The number of rotatable bonds is 5. The van der Waals surface area contributed by atoms with Gasteiger partial charge in [-0.25, -0.2) is 0 Å². The van der Waals surface area contributed by atoms with Crippen molar-refractivity contribution in [2.45, 2.75) is 6.92 Å². The van der Waals surface area contributed by atoms with Gasteiger partial charge in [-0.2, -0.15) is 0 Å². The summed E-state index contributed by atoms with van der Waals surface area (Å²) in [4.78, 5) is 11.7. The van der Waals surface area contributed by atoms with Crippen molar-refractivity contribution < 1.29 is 14.3 Å². The molecule has 1 unspecified atom stereocenters. The molecular weight excluding hydrogens is 211 g/mol. The van der Waals surface area contributed by atoms with Gasteiger partial charge < -0.3 is 9.47 Å². The maximum Gasteiger partial charge on any atom is 0.184 e. The van der Waals surface area contributed by atoms with E-state index in [1.165, 1.54) is 0 Å². The first-order chi connectivity index (χ1) is 7.22. The lowest BCUT2D eigenvalue weighted by molar-refractivity contribution is 0.108. The van der Waals surface area contributed by atoms with Crippen LogP contribution < -0.4 is 9.47 Å². The number of carbonyl (C=O) groups is 1. The van der Waals surface area contributed by atoms with Gasteiger partial charge in [0.05, 0.1) is 19.8 Å². The van der Waals surface area contributed by atoms with E-state index in [9.17, 15) is 4.79 Å². The number of carbonyl (C=O) groups excluding carboxylic acids is 1. The molecule has 0 saturated carbocycles. The summed E-state index contributed by atoms with van der Waals surface area (Å²) in [5, 5.41) is 0. The molecule has 3 nitrogen and oxygen atoms in total. The Morgan fingerprint density at radius 3 is 2.60 bits per heavy atom. The molecule has 0 aliphatic heterocycles. The molecule has 0 radical (unpaired) electrons. The summed E-state index contributed by atoms with van der Waals surface area (Å²) in [6.07, 6.45) is 0.869. The van der Waals surface area contributed by atoms with E-state index in [0.29, 0.717) is 25.6 Å². The zero-order valence-corrected chi connectivity index (χ0v) is 10.2. The highest BCUT2D eigenvalue weighted by atomic mass is 31.1. The number of hydrogen-bond donors (Lipinski definition) is 0. The maximum absolute atomic E-state index is 11.7. The summed E-state index contributed by atoms with van der Waals surface area (Å²) in [7, 11) is 3.45. The average Bonchev–Trinajstić information content (AvgIpc) is 2.28. The van der Waals surface area contributed by atoms with Crippen molar-refractivity contribution in [1.82, 2.24) is 0 Å². The second-order valence-electron chi connectivity index (χ2n) is 2.93. The van der Waals surface area contributed by atoms with E-state index in [0.717, 1.165) is 6.16 Å². The Morgan fingerprint density at radius 2 is 2.07 bits per heavy atom. The molecular formula is C11H15O3P. The van der Waals surface area contributed by atoms with Crippen molar-refractivity contribution in [2.75, 3.05) is 20.4 Å². The van der Waals surface area contributed by atoms with Crippen molar-refractivity contribution in [3.05, 3.63) is 23.8 Å². The van der Waals surface area contributed by atoms with Crippen LogP contribution >= 0.6 is 8.58 Å². The fourth-order valence-corrected chi connectivity index (χ4v) is 1.96. The lowest BCUT2D eigenvalue weighted by atomic mass is 10.2. The van der Waals surface area contributed by atoms with Gasteiger partial charge in [0.1, 0.15) is 11.5 Å². The third-order valence-electron chi connectivity index (χ3n) is 1.99. The van der Waals surface area contributed by atoms with Gasteiger partial charge in [-0.1, -0.05) is 6.92 Å². The topological polar surface area (TPSA) is 35.5 Å². The SMILES string of the molecule is CCPC(=O)c1ccc(OC)cc1OC. The molecule has 1 atom stereocenters. The lowest BCUT2D eigenvalue weighted by Crippen LogP contribution is -1.97. The van der Waals surface area contributed by atoms with Crippen LogP contribution in [0, 0.1) is 0 Å². The molecule has 4 heteroatoms. The summed E-state index contributed by atoms with van der Waals surface area (Å²) in [6.45, 7) is 1.99. The largest absolute Gasteiger partial charge is 0.497 e. The van der Waals surface area contributed by atoms with Crippen LogP contribution in [0.15, 0.2) is 18.2 Å². The third-order valence-corrected chi connectivity index (χ3v) is 2.93. The van der Waals surface area contributed by atoms with Gasteiger partial charge in [-0.05, 0) is 26.9 Å². The molecule has 15 heavy (non-hydrogen) atoms. The minimum Gasteiger partial charge on any atom is -0.497 e. The van der Waals surface area contributed by atoms with Gasteiger partial charge >= 0.3 is 0 Å². The van der Waals surface area contributed by atoms with Crippen molar-refractivity contribution >= 4 is 14.1 Å². The molecule has 0 N–H and O–H groups in total. The molecule has 82 valence electrons. The van der Waals surface area contributed by atoms with Gasteiger partial charge in [-0.15, -0.1) is 0 Å². The Bertz CT molecular complexity index is 350. The van der Waals surface area contributed by atoms with E-state index >= 15 is 0 Å². The van der Waals surface area contributed by atoms with Gasteiger partial charge in [0.25, 0.3) is 0 Å². The number of ether oxygens (including phenoxy) is 2. The first-order valence-electron chi connectivity index (χ1n) is 4.73. The van der Waals surface area contributed by atoms with Gasteiger partial charge in [0.2, 0.25) is 0 Å². The summed E-state index contributed by atoms with van der Waals surface area (Å²) in [6, 6.07) is 5.26. The van der Waals surface area contributed by atoms with E-state index in [2.05, 4.69) is 0 Å². The van der Waals surface area contributed by atoms with E-state index < -0.39 is 0 Å². The number of methoxy groups -OCH3 is 2. The van der Waals surface area contributed by atoms with E-state index in [4.69, 9.17) is 9.47 Å². The highest BCUT2D eigenvalue weighted by Gasteiger charge is 2.11. The predicted octanol–water partition coefficient (Wildman–Crippen LogP) is 2.54. The fourth-order valence-electron chi connectivity index (χ4n) is 1.24. The molecule has 0 amide bonds. The molecule has 0 spiro atoms. The van der Waals surface area contributed by atoms with Gasteiger partial charge in [0, 0.05) is 6.07 Å². The molecule has 1 rings (SSSR count). The van der Waals surface area contributed by atoms with Crippen LogP contribution in [0.3, 0.4) is 0 Å². The predicted molar refractivity (Wildman–Crippen MR) is 62.7 cm³/mol. The monoisotopic (exact) mass is 226 g/mol. The summed E-state index contributed by atoms with van der Waals surface area (Å²) < 4.78 is 10.2. The van der Waals surface area contributed by atoms with E-state index in [1.54, 1.807) is 32.4 Å². The Hall–Kier alpha value is -1.08. The molecule has 0 aliphatic rings. The quantitative estimate of drug-likeness (QED) is 0.724. The second kappa shape index (κ2) is 5.72. The summed E-state index contributed by atoms with van der Waals surface area (Å²) in [5.41, 5.74) is 0.774. The molecule has 0 heterocycles. The third kappa shape index (κ3) is 2.93. The van der Waals surface area contributed by atoms with Crippen molar-refractivity contribution in [3.63, 3.8) is 0 Å². The van der Waals surface area contributed by atoms with Crippen LogP contribution in [0.4, 0.5) is 0 Å². The van der Waals surface area contributed by atoms with Crippen LogP contribution in [0.25, 0.3) is 0 Å². The normalized spacial score (nSPS) is 10.6. The molecule has 0 saturated heterocycles. The molecule has 0 bridgehead atoms. The fraction of sp³-hybridized carbons (Fsp3) is 0.364. The van der Waals surface area contributed by atoms with Crippen LogP contribution in [-0.2, 0) is 0 Å². The van der Waals surface area contributed by atoms with Crippen LogP contribution in [0.5, 0.6) is 11.5 Å². The standard InChI is InChI=1S/C11H15O3P/c1-4-15-11(12)9-6-5-8(13-2)7-10(9)14-3/h5-7,15H,4H2,1-3H3. The highest BCUT2D eigenvalue weighted by Crippen LogP contribution is 2.29. The van der Waals surface area contributed by atoms with Crippen molar-refractivity contribution in [3.8, 4) is 11.5 Å². The molecule has 0 aromatic heterocycles. The summed E-state index contributed by atoms with van der Waals surface area (Å²) >= 11 is 0. The van der Waals surface area contributed by atoms with Crippen LogP contribution in [-0.4, -0.2) is 25.9 Å². The molecule has 1 aromatic rings. The number of benzene rings is 1. The van der Waals surface area contributed by atoms with Gasteiger partial charge in [-0.3, -0.25) is 4.79 Å². The Kier molecular flexibility index (Phi) is 4.57. The smallest absolute Gasteiger partial charge is 0.184 e. The Balaban J connectivity index is 3.02. The second-order valence-corrected chi connectivity index (χ2v) is 4.44. The Morgan fingerprint density at radius 1 is 1.33 bits per heavy atom. The van der Waals surface area contributed by atoms with Crippen molar-refractivity contribution in [2.24, 2.45) is 0 Å². The van der Waals surface area contributed by atoms with Crippen LogP contribution in [0.1, 0.15) is 17.3 Å². The maximum atomic E-state index is 11.7. The van der Waals surface area contributed by atoms with Gasteiger partial charge in [0.15, 0.2) is 5.52 Å². The minimum absolute atomic E-state index is 0.136.